The summed E-state index contributed by atoms with van der Waals surface area (Å²) in [7, 11) is 0. The summed E-state index contributed by atoms with van der Waals surface area (Å²) in [4.78, 5) is 15.4. The molecule has 1 aromatic heterocycles. The Kier molecular flexibility index (Phi) is 6.52. The van der Waals surface area contributed by atoms with Crippen LogP contribution in [0.1, 0.15) is 29.6 Å². The number of fused-ring (bicyclic) bond motifs is 1. The van der Waals surface area contributed by atoms with E-state index in [0.29, 0.717) is 12.2 Å². The largest absolute Gasteiger partial charge is 0.508 e. The van der Waals surface area contributed by atoms with Crippen molar-refractivity contribution in [3.05, 3.63) is 66.2 Å². The van der Waals surface area contributed by atoms with E-state index in [1.54, 1.807) is 35.6 Å². The van der Waals surface area contributed by atoms with Crippen molar-refractivity contribution in [2.24, 2.45) is 0 Å². The molecule has 4 aromatic rings. The molecule has 0 atom stereocenters. The molecule has 5 nitrogen and oxygen atoms in total. The van der Waals surface area contributed by atoms with Gasteiger partial charge in [-0.3, -0.25) is 9.69 Å². The van der Waals surface area contributed by atoms with Crippen molar-refractivity contribution < 1.29 is 19.7 Å². The predicted molar refractivity (Wildman–Crippen MR) is 137 cm³/mol. The quantitative estimate of drug-likeness (QED) is 0.307. The van der Waals surface area contributed by atoms with E-state index in [0.717, 1.165) is 63.3 Å². The fourth-order valence-corrected chi connectivity index (χ4v) is 5.84. The van der Waals surface area contributed by atoms with Crippen LogP contribution in [0.4, 0.5) is 0 Å². The fourth-order valence-electron chi connectivity index (χ4n) is 4.59. The Morgan fingerprint density at radius 1 is 0.912 bits per heavy atom. The lowest BCUT2D eigenvalue weighted by molar-refractivity contribution is 0.112. The third-order valence-corrected chi connectivity index (χ3v) is 7.55. The maximum atomic E-state index is 12.0. The van der Waals surface area contributed by atoms with E-state index in [4.69, 9.17) is 4.74 Å². The van der Waals surface area contributed by atoms with Crippen molar-refractivity contribution in [1.29, 1.82) is 0 Å². The van der Waals surface area contributed by atoms with Gasteiger partial charge < -0.3 is 14.9 Å². The predicted octanol–water partition coefficient (Wildman–Crippen LogP) is 6.32. The molecule has 3 aromatic carbocycles. The minimum atomic E-state index is 0.196. The third kappa shape index (κ3) is 4.65. The molecule has 2 heterocycles. The average molecular weight is 474 g/mol. The zero-order valence-electron chi connectivity index (χ0n) is 18.9. The first kappa shape index (κ1) is 22.4. The van der Waals surface area contributed by atoms with Crippen LogP contribution in [0, 0.1) is 0 Å². The Hall–Kier alpha value is -3.35. The molecule has 0 spiro atoms. The number of phenols is 2. The van der Waals surface area contributed by atoms with E-state index >= 15 is 0 Å². The number of thiophene rings is 1. The number of carbonyl (C=O) groups excluding carboxylic acids is 1. The van der Waals surface area contributed by atoms with Gasteiger partial charge in [0, 0.05) is 32.6 Å². The van der Waals surface area contributed by atoms with E-state index in [1.165, 1.54) is 19.3 Å². The van der Waals surface area contributed by atoms with E-state index in [-0.39, 0.29) is 11.5 Å². The number of hydrogen-bond donors (Lipinski definition) is 2. The first-order chi connectivity index (χ1) is 16.6. The molecule has 1 fully saturated rings. The number of nitrogens with zero attached hydrogens (tertiary/aromatic N) is 1. The molecule has 0 aliphatic carbocycles. The van der Waals surface area contributed by atoms with Gasteiger partial charge in [-0.05, 0) is 97.7 Å². The molecule has 2 N–H and O–H groups in total. The maximum absolute atomic E-state index is 12.0. The summed E-state index contributed by atoms with van der Waals surface area (Å²) in [6, 6.07) is 17.9. The van der Waals surface area contributed by atoms with E-state index in [1.807, 2.05) is 36.4 Å². The van der Waals surface area contributed by atoms with Gasteiger partial charge >= 0.3 is 0 Å². The lowest BCUT2D eigenvalue weighted by Gasteiger charge is -2.26. The number of ether oxygens (including phenoxy) is 1. The molecule has 0 unspecified atom stereocenters. The molecule has 1 saturated heterocycles. The van der Waals surface area contributed by atoms with Crippen molar-refractivity contribution in [1.82, 2.24) is 4.90 Å². The number of aromatic hydroxyl groups is 2. The number of rotatable bonds is 7. The van der Waals surface area contributed by atoms with Crippen LogP contribution in [0.2, 0.25) is 0 Å². The van der Waals surface area contributed by atoms with Crippen LogP contribution >= 0.6 is 11.3 Å². The molecule has 1 aliphatic rings. The highest BCUT2D eigenvalue weighted by Crippen LogP contribution is 2.47. The summed E-state index contributed by atoms with van der Waals surface area (Å²) >= 11 is 1.55. The number of carbonyl (C=O) groups is 1. The van der Waals surface area contributed by atoms with Gasteiger partial charge in [0.05, 0.1) is 0 Å². The first-order valence-corrected chi connectivity index (χ1v) is 12.4. The standard InChI is InChI=1S/C28H27NO4S/c30-18-20-6-10-23(33-15-14-29-12-2-1-3-13-29)17-25(20)27-24-11-9-22(32)16-26(24)34-28(27)19-4-7-21(31)8-5-19/h4-11,16-18,31-32H,1-3,12-15H2. The molecule has 174 valence electrons. The summed E-state index contributed by atoms with van der Waals surface area (Å²) in [5.74, 6) is 1.12. The van der Waals surface area contributed by atoms with Crippen LogP contribution in [0.5, 0.6) is 17.2 Å². The molecular weight excluding hydrogens is 446 g/mol. The maximum Gasteiger partial charge on any atom is 0.150 e. The second-order valence-corrected chi connectivity index (χ2v) is 9.70. The number of aldehydes is 1. The van der Waals surface area contributed by atoms with Gasteiger partial charge in [0.15, 0.2) is 6.29 Å². The Morgan fingerprint density at radius 2 is 1.68 bits per heavy atom. The topological polar surface area (TPSA) is 70.0 Å². The molecule has 0 bridgehead atoms. The van der Waals surface area contributed by atoms with Gasteiger partial charge in [-0.2, -0.15) is 0 Å². The van der Waals surface area contributed by atoms with E-state index in [2.05, 4.69) is 4.90 Å². The molecule has 0 amide bonds. The van der Waals surface area contributed by atoms with Gasteiger partial charge in [0.2, 0.25) is 0 Å². The number of likely N-dealkylation sites (tertiary alicyclic amines) is 1. The lowest BCUT2D eigenvalue weighted by Crippen LogP contribution is -2.33. The van der Waals surface area contributed by atoms with Crippen molar-refractivity contribution in [2.45, 2.75) is 19.3 Å². The van der Waals surface area contributed by atoms with Crippen LogP contribution in [0.15, 0.2) is 60.7 Å². The smallest absolute Gasteiger partial charge is 0.150 e. The average Bonchev–Trinajstić information content (AvgIpc) is 3.23. The van der Waals surface area contributed by atoms with Crippen molar-refractivity contribution in [3.63, 3.8) is 0 Å². The van der Waals surface area contributed by atoms with Gasteiger partial charge in [-0.1, -0.05) is 6.42 Å². The summed E-state index contributed by atoms with van der Waals surface area (Å²) in [5.41, 5.74) is 3.23. The summed E-state index contributed by atoms with van der Waals surface area (Å²) < 4.78 is 7.03. The lowest BCUT2D eigenvalue weighted by atomic mass is 9.95. The highest BCUT2D eigenvalue weighted by molar-refractivity contribution is 7.23. The molecular formula is C28H27NO4S. The molecule has 0 radical (unpaired) electrons. The Morgan fingerprint density at radius 3 is 2.44 bits per heavy atom. The van der Waals surface area contributed by atoms with E-state index < -0.39 is 0 Å². The SMILES string of the molecule is O=Cc1ccc(OCCN2CCCCC2)cc1-c1c(-c2ccc(O)cc2)sc2cc(O)ccc12. The molecule has 5 rings (SSSR count). The first-order valence-electron chi connectivity index (χ1n) is 11.6. The van der Waals surface area contributed by atoms with Crippen LogP contribution in [-0.2, 0) is 0 Å². The van der Waals surface area contributed by atoms with Gasteiger partial charge in [-0.15, -0.1) is 11.3 Å². The second kappa shape index (κ2) is 9.87. The van der Waals surface area contributed by atoms with Crippen LogP contribution in [0.3, 0.4) is 0 Å². The summed E-state index contributed by atoms with van der Waals surface area (Å²) in [6.45, 7) is 3.75. The number of piperidine rings is 1. The van der Waals surface area contributed by atoms with Crippen LogP contribution < -0.4 is 4.74 Å². The highest BCUT2D eigenvalue weighted by Gasteiger charge is 2.20. The number of hydrogen-bond acceptors (Lipinski definition) is 6. The van der Waals surface area contributed by atoms with Gasteiger partial charge in [-0.25, -0.2) is 0 Å². The molecule has 0 saturated carbocycles. The molecule has 6 heteroatoms. The molecule has 34 heavy (non-hydrogen) atoms. The summed E-state index contributed by atoms with van der Waals surface area (Å²) in [5, 5.41) is 20.8. The van der Waals surface area contributed by atoms with Crippen LogP contribution in [0.25, 0.3) is 31.7 Å². The minimum absolute atomic E-state index is 0.196. The minimum Gasteiger partial charge on any atom is -0.508 e. The van der Waals surface area contributed by atoms with Crippen molar-refractivity contribution in [2.75, 3.05) is 26.2 Å². The van der Waals surface area contributed by atoms with Crippen LogP contribution in [-0.4, -0.2) is 47.6 Å². The fraction of sp³-hybridized carbons (Fsp3) is 0.250. The molecule has 1 aliphatic heterocycles. The summed E-state index contributed by atoms with van der Waals surface area (Å²) in [6.07, 6.45) is 4.68. The monoisotopic (exact) mass is 473 g/mol. The van der Waals surface area contributed by atoms with Gasteiger partial charge in [0.25, 0.3) is 0 Å². The normalized spacial score (nSPS) is 14.4. The zero-order valence-corrected chi connectivity index (χ0v) is 19.7. The number of benzene rings is 3. The number of phenolic OH excluding ortho intramolecular Hbond substituents is 2. The Balaban J connectivity index is 1.55. The van der Waals surface area contributed by atoms with Crippen molar-refractivity contribution in [3.8, 4) is 38.8 Å². The zero-order chi connectivity index (χ0) is 23.5. The van der Waals surface area contributed by atoms with Crippen molar-refractivity contribution >= 4 is 27.7 Å². The highest BCUT2D eigenvalue weighted by atomic mass is 32.1. The Labute approximate surface area is 202 Å². The third-order valence-electron chi connectivity index (χ3n) is 6.35. The Bertz CT molecular complexity index is 1310. The van der Waals surface area contributed by atoms with Gasteiger partial charge in [0.1, 0.15) is 23.9 Å². The van der Waals surface area contributed by atoms with E-state index in [9.17, 15) is 15.0 Å². The second-order valence-electron chi connectivity index (χ2n) is 8.65.